The Morgan fingerprint density at radius 1 is 1.48 bits per heavy atom. The molecule has 3 rings (SSSR count). The topological polar surface area (TPSA) is 70.5 Å². The molecule has 0 radical (unpaired) electrons. The fraction of sp³-hybridized carbons (Fsp3) is 0.267. The summed E-state index contributed by atoms with van der Waals surface area (Å²) in [6.07, 6.45) is 1.19. The largest absolute Gasteiger partial charge is 0.478 e. The molecule has 1 aliphatic rings. The molecule has 2 aromatic rings. The van der Waals surface area contributed by atoms with Gasteiger partial charge in [0.15, 0.2) is 0 Å². The molecule has 6 heteroatoms. The van der Waals surface area contributed by atoms with E-state index in [0.29, 0.717) is 18.7 Å². The van der Waals surface area contributed by atoms with Crippen molar-refractivity contribution < 1.29 is 14.7 Å². The van der Waals surface area contributed by atoms with Gasteiger partial charge in [-0.3, -0.25) is 4.79 Å². The number of carbonyl (C=O) groups is 2. The summed E-state index contributed by atoms with van der Waals surface area (Å²) in [4.78, 5) is 29.3. The predicted molar refractivity (Wildman–Crippen MR) is 79.8 cm³/mol. The van der Waals surface area contributed by atoms with E-state index < -0.39 is 5.97 Å². The van der Waals surface area contributed by atoms with E-state index >= 15 is 0 Å². The minimum atomic E-state index is -0.987. The number of carboxylic acids is 1. The number of aromatic nitrogens is 1. The Labute approximate surface area is 125 Å². The van der Waals surface area contributed by atoms with Crippen LogP contribution in [0.25, 0.3) is 0 Å². The highest BCUT2D eigenvalue weighted by Gasteiger charge is 2.28. The molecule has 1 aliphatic heterocycles. The number of rotatable bonds is 4. The number of hydrogen-bond acceptors (Lipinski definition) is 4. The third-order valence-corrected chi connectivity index (χ3v) is 4.53. The van der Waals surface area contributed by atoms with Crippen LogP contribution in [-0.4, -0.2) is 22.0 Å². The van der Waals surface area contributed by atoms with Crippen LogP contribution in [-0.2, 0) is 24.2 Å². The maximum Gasteiger partial charge on any atom is 0.335 e. The van der Waals surface area contributed by atoms with Gasteiger partial charge >= 0.3 is 5.97 Å². The van der Waals surface area contributed by atoms with Crippen molar-refractivity contribution in [3.8, 4) is 0 Å². The van der Waals surface area contributed by atoms with E-state index in [1.807, 2.05) is 12.3 Å². The van der Waals surface area contributed by atoms with Crippen LogP contribution >= 0.6 is 11.3 Å². The highest BCUT2D eigenvalue weighted by atomic mass is 32.1. The number of thiazole rings is 1. The summed E-state index contributed by atoms with van der Waals surface area (Å²) in [5, 5.41) is 12.1. The molecule has 0 spiro atoms. The number of amides is 1. The summed E-state index contributed by atoms with van der Waals surface area (Å²) in [5.41, 5.74) is 2.60. The van der Waals surface area contributed by atoms with Crippen LogP contribution in [0.15, 0.2) is 23.6 Å². The van der Waals surface area contributed by atoms with Crippen LogP contribution in [0.1, 0.15) is 33.5 Å². The molecule has 0 saturated heterocycles. The lowest BCUT2D eigenvalue weighted by molar-refractivity contribution is -0.117. The Bertz CT molecular complexity index is 723. The summed E-state index contributed by atoms with van der Waals surface area (Å²) in [6, 6.07) is 4.82. The number of aromatic carboxylic acids is 1. The number of hydrogen-bond donors (Lipinski definition) is 1. The number of aryl methyl sites for hydroxylation is 1. The van der Waals surface area contributed by atoms with Crippen molar-refractivity contribution in [1.29, 1.82) is 0 Å². The molecule has 0 bridgehead atoms. The van der Waals surface area contributed by atoms with Gasteiger partial charge in [0.05, 0.1) is 29.2 Å². The molecule has 21 heavy (non-hydrogen) atoms. The van der Waals surface area contributed by atoms with E-state index in [1.165, 1.54) is 6.07 Å². The fourth-order valence-electron chi connectivity index (χ4n) is 2.41. The van der Waals surface area contributed by atoms with Crippen LogP contribution in [0.4, 0.5) is 5.69 Å². The van der Waals surface area contributed by atoms with Crippen LogP contribution < -0.4 is 4.90 Å². The molecule has 1 amide bonds. The van der Waals surface area contributed by atoms with Crippen LogP contribution in [0.2, 0.25) is 0 Å². The summed E-state index contributed by atoms with van der Waals surface area (Å²) in [5.74, 6) is -1.00. The molecule has 0 unspecified atom stereocenters. The zero-order valence-corrected chi connectivity index (χ0v) is 12.3. The molecule has 1 aromatic carbocycles. The lowest BCUT2D eigenvalue weighted by Gasteiger charge is -2.16. The van der Waals surface area contributed by atoms with Crippen molar-refractivity contribution in [2.45, 2.75) is 26.3 Å². The van der Waals surface area contributed by atoms with Gasteiger partial charge in [-0.1, -0.05) is 13.0 Å². The van der Waals surface area contributed by atoms with Crippen molar-refractivity contribution in [3.05, 3.63) is 45.4 Å². The first-order chi connectivity index (χ1) is 10.1. The quantitative estimate of drug-likeness (QED) is 0.942. The third kappa shape index (κ3) is 2.54. The number of carbonyl (C=O) groups excluding carboxylic acids is 1. The van der Waals surface area contributed by atoms with Gasteiger partial charge in [-0.2, -0.15) is 0 Å². The fourth-order valence-corrected chi connectivity index (χ4v) is 3.15. The van der Waals surface area contributed by atoms with E-state index in [0.717, 1.165) is 22.7 Å². The first-order valence-corrected chi connectivity index (χ1v) is 7.56. The van der Waals surface area contributed by atoms with Gasteiger partial charge in [-0.05, 0) is 24.1 Å². The normalized spacial score (nSPS) is 13.6. The summed E-state index contributed by atoms with van der Waals surface area (Å²) in [7, 11) is 0. The highest BCUT2D eigenvalue weighted by molar-refractivity contribution is 7.09. The molecule has 5 nitrogen and oxygen atoms in total. The van der Waals surface area contributed by atoms with Gasteiger partial charge in [-0.25, -0.2) is 9.78 Å². The Balaban J connectivity index is 1.91. The first-order valence-electron chi connectivity index (χ1n) is 6.68. The standard InChI is InChI=1S/C15H14N2O3S/c1-2-13-16-11(8-21-13)7-17-12-5-10(15(19)20)4-3-9(12)6-14(17)18/h3-5,8H,2,6-7H2,1H3,(H,19,20). The van der Waals surface area contributed by atoms with E-state index in [1.54, 1.807) is 28.4 Å². The summed E-state index contributed by atoms with van der Waals surface area (Å²) in [6.45, 7) is 2.43. The molecule has 0 fully saturated rings. The van der Waals surface area contributed by atoms with Crippen molar-refractivity contribution in [2.24, 2.45) is 0 Å². The smallest absolute Gasteiger partial charge is 0.335 e. The molecular weight excluding hydrogens is 288 g/mol. The SMILES string of the molecule is CCc1nc(CN2C(=O)Cc3ccc(C(=O)O)cc32)cs1. The van der Waals surface area contributed by atoms with Gasteiger partial charge in [0.25, 0.3) is 0 Å². The molecule has 0 aliphatic carbocycles. The van der Waals surface area contributed by atoms with Crippen molar-refractivity contribution in [1.82, 2.24) is 4.98 Å². The Morgan fingerprint density at radius 3 is 2.95 bits per heavy atom. The number of anilines is 1. The maximum absolute atomic E-state index is 12.1. The minimum absolute atomic E-state index is 0.0152. The molecular formula is C15H14N2O3S. The maximum atomic E-state index is 12.1. The lowest BCUT2D eigenvalue weighted by atomic mass is 10.1. The molecule has 1 N–H and O–H groups in total. The molecule has 0 saturated carbocycles. The summed E-state index contributed by atoms with van der Waals surface area (Å²) < 4.78 is 0. The second kappa shape index (κ2) is 5.29. The van der Waals surface area contributed by atoms with Crippen LogP contribution in [0.3, 0.4) is 0 Å². The molecule has 0 atom stereocenters. The van der Waals surface area contributed by atoms with Gasteiger partial charge < -0.3 is 10.0 Å². The second-order valence-corrected chi connectivity index (χ2v) is 5.83. The van der Waals surface area contributed by atoms with E-state index in [9.17, 15) is 9.59 Å². The minimum Gasteiger partial charge on any atom is -0.478 e. The molecule has 108 valence electrons. The average Bonchev–Trinajstić information content (AvgIpc) is 3.04. The predicted octanol–water partition coefficient (Wildman–Crippen LogP) is 2.49. The average molecular weight is 302 g/mol. The molecule has 1 aromatic heterocycles. The van der Waals surface area contributed by atoms with Gasteiger partial charge in [0.1, 0.15) is 0 Å². The van der Waals surface area contributed by atoms with Crippen molar-refractivity contribution >= 4 is 28.9 Å². The van der Waals surface area contributed by atoms with E-state index in [4.69, 9.17) is 5.11 Å². The van der Waals surface area contributed by atoms with E-state index in [-0.39, 0.29) is 11.5 Å². The third-order valence-electron chi connectivity index (χ3n) is 3.49. The van der Waals surface area contributed by atoms with Crippen LogP contribution in [0.5, 0.6) is 0 Å². The van der Waals surface area contributed by atoms with Gasteiger partial charge in [0.2, 0.25) is 5.91 Å². The lowest BCUT2D eigenvalue weighted by Crippen LogP contribution is -2.26. The monoisotopic (exact) mass is 302 g/mol. The second-order valence-electron chi connectivity index (χ2n) is 4.89. The first kappa shape index (κ1) is 13.8. The van der Waals surface area contributed by atoms with E-state index in [2.05, 4.69) is 4.98 Å². The highest BCUT2D eigenvalue weighted by Crippen LogP contribution is 2.31. The Morgan fingerprint density at radius 2 is 2.29 bits per heavy atom. The van der Waals surface area contributed by atoms with Gasteiger partial charge in [-0.15, -0.1) is 11.3 Å². The number of benzene rings is 1. The zero-order chi connectivity index (χ0) is 15.0. The number of carboxylic acid groups (broad SMARTS) is 1. The summed E-state index contributed by atoms with van der Waals surface area (Å²) >= 11 is 1.58. The number of fused-ring (bicyclic) bond motifs is 1. The van der Waals surface area contributed by atoms with Crippen molar-refractivity contribution in [3.63, 3.8) is 0 Å². The molecule has 2 heterocycles. The number of nitrogens with zero attached hydrogens (tertiary/aromatic N) is 2. The Hall–Kier alpha value is -2.21. The Kier molecular flexibility index (Phi) is 3.47. The van der Waals surface area contributed by atoms with Crippen molar-refractivity contribution in [2.75, 3.05) is 4.90 Å². The van der Waals surface area contributed by atoms with Gasteiger partial charge in [0, 0.05) is 11.1 Å². The zero-order valence-electron chi connectivity index (χ0n) is 11.5. The van der Waals surface area contributed by atoms with Crippen LogP contribution in [0, 0.1) is 0 Å².